The number of nitrogens with zero attached hydrogens (tertiary/aromatic N) is 2. The topological polar surface area (TPSA) is 96.0 Å². The van der Waals surface area contributed by atoms with E-state index >= 15 is 0 Å². The largest absolute Gasteiger partial charge is 0.495 e. The second kappa shape index (κ2) is 13.3. The van der Waals surface area contributed by atoms with E-state index in [4.69, 9.17) is 4.74 Å². The maximum atomic E-state index is 13.4. The molecule has 2 rings (SSSR count). The number of carbonyl (C=O) groups excluding carboxylic acids is 2. The molecule has 0 aliphatic rings. The molecule has 0 bridgehead atoms. The maximum Gasteiger partial charge on any atom is 0.242 e. The number of benzene rings is 2. The number of aryl methyl sites for hydroxylation is 1. The van der Waals surface area contributed by atoms with Gasteiger partial charge in [0.05, 0.1) is 19.1 Å². The van der Waals surface area contributed by atoms with Gasteiger partial charge >= 0.3 is 0 Å². The first-order chi connectivity index (χ1) is 17.0. The van der Waals surface area contributed by atoms with Gasteiger partial charge < -0.3 is 15.0 Å². The first kappa shape index (κ1) is 29.2. The summed E-state index contributed by atoms with van der Waals surface area (Å²) in [7, 11) is -2.12. The fraction of sp³-hybridized carbons (Fsp3) is 0.481. The smallest absolute Gasteiger partial charge is 0.242 e. The molecule has 0 heterocycles. The minimum absolute atomic E-state index is 0.000415. The summed E-state index contributed by atoms with van der Waals surface area (Å²) in [6.45, 7) is 8.02. The van der Waals surface area contributed by atoms with Gasteiger partial charge in [-0.3, -0.25) is 13.9 Å². The van der Waals surface area contributed by atoms with Crippen LogP contribution in [0.3, 0.4) is 0 Å². The number of methoxy groups -OCH3 is 1. The Kier molecular flexibility index (Phi) is 10.8. The first-order valence-corrected chi connectivity index (χ1v) is 14.1. The fourth-order valence-electron chi connectivity index (χ4n) is 3.76. The summed E-state index contributed by atoms with van der Waals surface area (Å²) in [5, 5.41) is 2.95. The molecule has 0 aliphatic carbocycles. The molecule has 2 aromatic rings. The second-order valence-electron chi connectivity index (χ2n) is 9.11. The number of para-hydroxylation sites is 2. The molecule has 9 heteroatoms. The first-order valence-electron chi connectivity index (χ1n) is 12.2. The molecule has 198 valence electrons. The predicted octanol–water partition coefficient (Wildman–Crippen LogP) is 3.88. The number of carbonyl (C=O) groups is 2. The zero-order valence-electron chi connectivity index (χ0n) is 22.2. The standard InChI is InChI=1S/C27H39N3O5S/c1-7-21(3)28-27(32)22(4)29(19-23-16-14-20(2)15-17-23)26(31)13-10-18-30(36(6,33)34)24-11-8-9-12-25(24)35-5/h8-9,11-12,14-17,21-22H,7,10,13,18-19H2,1-6H3,(H,28,32)/t21-,22-/m1/s1. The van der Waals surface area contributed by atoms with Gasteiger partial charge in [0.1, 0.15) is 11.8 Å². The van der Waals surface area contributed by atoms with Crippen molar-refractivity contribution in [2.75, 3.05) is 24.2 Å². The van der Waals surface area contributed by atoms with Crippen LogP contribution >= 0.6 is 0 Å². The molecule has 0 spiro atoms. The van der Waals surface area contributed by atoms with Crippen LogP contribution in [0, 0.1) is 6.92 Å². The monoisotopic (exact) mass is 517 g/mol. The SMILES string of the molecule is CC[C@@H](C)NC(=O)[C@@H](C)N(Cc1ccc(C)cc1)C(=O)CCCN(c1ccccc1OC)S(C)(=O)=O. The minimum Gasteiger partial charge on any atom is -0.495 e. The maximum absolute atomic E-state index is 13.4. The average Bonchev–Trinajstić information content (AvgIpc) is 2.84. The molecular weight excluding hydrogens is 478 g/mol. The van der Waals surface area contributed by atoms with E-state index in [-0.39, 0.29) is 43.8 Å². The van der Waals surface area contributed by atoms with E-state index in [1.54, 1.807) is 36.1 Å². The third-order valence-corrected chi connectivity index (χ3v) is 7.33. The van der Waals surface area contributed by atoms with E-state index in [9.17, 15) is 18.0 Å². The van der Waals surface area contributed by atoms with Crippen molar-refractivity contribution in [1.82, 2.24) is 10.2 Å². The summed E-state index contributed by atoms with van der Waals surface area (Å²) in [4.78, 5) is 27.8. The van der Waals surface area contributed by atoms with Crippen LogP contribution in [-0.2, 0) is 26.2 Å². The van der Waals surface area contributed by atoms with Gasteiger partial charge in [0.15, 0.2) is 0 Å². The van der Waals surface area contributed by atoms with Crippen LogP contribution < -0.4 is 14.4 Å². The molecule has 0 aromatic heterocycles. The summed E-state index contributed by atoms with van der Waals surface area (Å²) in [5.41, 5.74) is 2.45. The van der Waals surface area contributed by atoms with Gasteiger partial charge in [0.25, 0.3) is 0 Å². The zero-order valence-corrected chi connectivity index (χ0v) is 23.0. The van der Waals surface area contributed by atoms with Crippen molar-refractivity contribution >= 4 is 27.5 Å². The Hall–Kier alpha value is -3.07. The molecule has 0 saturated carbocycles. The lowest BCUT2D eigenvalue weighted by molar-refractivity contribution is -0.140. The Morgan fingerprint density at radius 2 is 1.69 bits per heavy atom. The van der Waals surface area contributed by atoms with E-state index in [1.165, 1.54) is 11.4 Å². The summed E-state index contributed by atoms with van der Waals surface area (Å²) in [5.74, 6) is 0.0121. The van der Waals surface area contributed by atoms with Gasteiger partial charge in [-0.05, 0) is 51.3 Å². The Labute approximate surface area is 215 Å². The summed E-state index contributed by atoms with van der Waals surface area (Å²) in [6, 6.07) is 14.0. The van der Waals surface area contributed by atoms with Gasteiger partial charge in [0.2, 0.25) is 21.8 Å². The molecular formula is C27H39N3O5S. The van der Waals surface area contributed by atoms with Crippen molar-refractivity contribution in [3.8, 4) is 5.75 Å². The van der Waals surface area contributed by atoms with E-state index < -0.39 is 16.1 Å². The summed E-state index contributed by atoms with van der Waals surface area (Å²) < 4.78 is 31.6. The van der Waals surface area contributed by atoms with Crippen molar-refractivity contribution in [2.45, 2.75) is 65.6 Å². The molecule has 0 saturated heterocycles. The van der Waals surface area contributed by atoms with Crippen LogP contribution in [0.2, 0.25) is 0 Å². The van der Waals surface area contributed by atoms with Crippen molar-refractivity contribution in [3.05, 3.63) is 59.7 Å². The highest BCUT2D eigenvalue weighted by atomic mass is 32.2. The number of hydrogen-bond acceptors (Lipinski definition) is 5. The van der Waals surface area contributed by atoms with Gasteiger partial charge in [-0.25, -0.2) is 8.42 Å². The number of sulfonamides is 1. The van der Waals surface area contributed by atoms with Gasteiger partial charge in [-0.1, -0.05) is 48.9 Å². The number of nitrogens with one attached hydrogen (secondary N) is 1. The summed E-state index contributed by atoms with van der Waals surface area (Å²) in [6.07, 6.45) is 2.29. The highest BCUT2D eigenvalue weighted by molar-refractivity contribution is 7.92. The number of amides is 2. The summed E-state index contributed by atoms with van der Waals surface area (Å²) >= 11 is 0. The Morgan fingerprint density at radius 3 is 2.28 bits per heavy atom. The lowest BCUT2D eigenvalue weighted by Crippen LogP contribution is -2.49. The fourth-order valence-corrected chi connectivity index (χ4v) is 4.73. The second-order valence-corrected chi connectivity index (χ2v) is 11.0. The van der Waals surface area contributed by atoms with Gasteiger partial charge in [0, 0.05) is 25.6 Å². The third kappa shape index (κ3) is 8.26. The molecule has 2 aromatic carbocycles. The molecule has 1 N–H and O–H groups in total. The Morgan fingerprint density at radius 1 is 1.06 bits per heavy atom. The van der Waals surface area contributed by atoms with E-state index in [0.717, 1.165) is 23.8 Å². The number of hydrogen-bond donors (Lipinski definition) is 1. The van der Waals surface area contributed by atoms with Crippen LogP contribution in [0.4, 0.5) is 5.69 Å². The van der Waals surface area contributed by atoms with Crippen molar-refractivity contribution in [1.29, 1.82) is 0 Å². The number of rotatable bonds is 13. The minimum atomic E-state index is -3.60. The predicted molar refractivity (Wildman–Crippen MR) is 144 cm³/mol. The van der Waals surface area contributed by atoms with E-state index in [0.29, 0.717) is 11.4 Å². The molecule has 2 amide bonds. The third-order valence-electron chi connectivity index (χ3n) is 6.15. The van der Waals surface area contributed by atoms with Gasteiger partial charge in [-0.15, -0.1) is 0 Å². The highest BCUT2D eigenvalue weighted by Gasteiger charge is 2.27. The van der Waals surface area contributed by atoms with Crippen molar-refractivity contribution in [3.63, 3.8) is 0 Å². The van der Waals surface area contributed by atoms with Crippen LogP contribution in [0.25, 0.3) is 0 Å². The van der Waals surface area contributed by atoms with Crippen LogP contribution in [0.5, 0.6) is 5.75 Å². The quantitative estimate of drug-likeness (QED) is 0.435. The molecule has 0 radical (unpaired) electrons. The van der Waals surface area contributed by atoms with Crippen LogP contribution in [0.15, 0.2) is 48.5 Å². The van der Waals surface area contributed by atoms with Crippen molar-refractivity contribution < 1.29 is 22.7 Å². The lowest BCUT2D eigenvalue weighted by Gasteiger charge is -2.30. The van der Waals surface area contributed by atoms with Crippen LogP contribution in [-0.4, -0.2) is 57.1 Å². The van der Waals surface area contributed by atoms with Crippen LogP contribution in [0.1, 0.15) is 51.2 Å². The molecule has 0 aliphatic heterocycles. The normalized spacial score (nSPS) is 12.9. The number of anilines is 1. The lowest BCUT2D eigenvalue weighted by atomic mass is 10.1. The average molecular weight is 518 g/mol. The molecule has 36 heavy (non-hydrogen) atoms. The van der Waals surface area contributed by atoms with E-state index in [2.05, 4.69) is 5.32 Å². The van der Waals surface area contributed by atoms with Gasteiger partial charge in [-0.2, -0.15) is 0 Å². The molecule has 0 fully saturated rings. The Balaban J connectivity index is 2.19. The number of ether oxygens (including phenoxy) is 1. The molecule has 2 atom stereocenters. The molecule has 0 unspecified atom stereocenters. The van der Waals surface area contributed by atoms with E-state index in [1.807, 2.05) is 45.0 Å². The molecule has 8 nitrogen and oxygen atoms in total. The Bertz CT molecular complexity index is 1120. The van der Waals surface area contributed by atoms with Crippen molar-refractivity contribution in [2.24, 2.45) is 0 Å². The highest BCUT2D eigenvalue weighted by Crippen LogP contribution is 2.29. The zero-order chi connectivity index (χ0) is 26.9.